The third kappa shape index (κ3) is 4.37. The summed E-state index contributed by atoms with van der Waals surface area (Å²) in [6.45, 7) is 8.95. The maximum absolute atomic E-state index is 8.36. The van der Waals surface area contributed by atoms with Crippen LogP contribution in [0.4, 0.5) is 5.82 Å². The Bertz CT molecular complexity index is 1290. The number of ether oxygens (including phenoxy) is 1. The van der Waals surface area contributed by atoms with Gasteiger partial charge in [0.1, 0.15) is 17.6 Å². The van der Waals surface area contributed by atoms with Crippen LogP contribution in [0.25, 0.3) is 26.0 Å². The summed E-state index contributed by atoms with van der Waals surface area (Å²) in [5.41, 5.74) is 12.0. The molecule has 0 amide bonds. The van der Waals surface area contributed by atoms with Gasteiger partial charge in [-0.1, -0.05) is 6.07 Å². The lowest BCUT2D eigenvalue weighted by atomic mass is 10.1. The van der Waals surface area contributed by atoms with E-state index in [-0.39, 0.29) is 6.47 Å². The van der Waals surface area contributed by atoms with E-state index in [2.05, 4.69) is 52.3 Å². The van der Waals surface area contributed by atoms with Crippen molar-refractivity contribution < 1.29 is 14.6 Å². The molecule has 5 rings (SSSR count). The van der Waals surface area contributed by atoms with Crippen LogP contribution >= 0.6 is 11.3 Å². The molecule has 174 valence electrons. The fraction of sp³-hybridized carbons (Fsp3) is 0.348. The van der Waals surface area contributed by atoms with Gasteiger partial charge in [-0.2, -0.15) is 5.10 Å². The number of aryl methyl sites for hydroxylation is 1. The maximum atomic E-state index is 8.36. The Labute approximate surface area is 195 Å². The van der Waals surface area contributed by atoms with Crippen LogP contribution in [-0.4, -0.2) is 64.4 Å². The fourth-order valence-corrected chi connectivity index (χ4v) is 5.63. The van der Waals surface area contributed by atoms with Crippen LogP contribution in [0.2, 0.25) is 0 Å². The van der Waals surface area contributed by atoms with Gasteiger partial charge in [0.2, 0.25) is 0 Å². The van der Waals surface area contributed by atoms with Crippen molar-refractivity contribution >= 4 is 39.2 Å². The average Bonchev–Trinajstić information content (AvgIpc) is 3.34. The summed E-state index contributed by atoms with van der Waals surface area (Å²) in [5.74, 6) is 1.42. The first-order valence-corrected chi connectivity index (χ1v) is 11.5. The second kappa shape index (κ2) is 9.74. The van der Waals surface area contributed by atoms with Crippen molar-refractivity contribution in [3.05, 3.63) is 41.3 Å². The number of rotatable bonds is 4. The minimum absolute atomic E-state index is 0.250. The highest BCUT2D eigenvalue weighted by molar-refractivity contribution is 7.22. The highest BCUT2D eigenvalue weighted by atomic mass is 32.1. The van der Waals surface area contributed by atoms with E-state index in [1.165, 1.54) is 22.2 Å². The summed E-state index contributed by atoms with van der Waals surface area (Å²) in [5, 5.41) is 16.1. The normalized spacial score (nSPS) is 14.3. The van der Waals surface area contributed by atoms with E-state index < -0.39 is 0 Å². The van der Waals surface area contributed by atoms with Gasteiger partial charge in [-0.25, -0.2) is 9.50 Å². The summed E-state index contributed by atoms with van der Waals surface area (Å²) in [6.07, 6.45) is 1.55. The van der Waals surface area contributed by atoms with Crippen LogP contribution in [0, 0.1) is 13.8 Å². The highest BCUT2D eigenvalue weighted by Gasteiger charge is 2.24. The van der Waals surface area contributed by atoms with Crippen molar-refractivity contribution in [2.24, 2.45) is 0 Å². The quantitative estimate of drug-likeness (QED) is 0.391. The van der Waals surface area contributed by atoms with E-state index >= 15 is 0 Å². The lowest BCUT2D eigenvalue weighted by molar-refractivity contribution is -0.122. The molecule has 1 aliphatic rings. The molecule has 0 unspecified atom stereocenters. The second-order valence-electron chi connectivity index (χ2n) is 7.98. The monoisotopic (exact) mass is 468 g/mol. The Morgan fingerprint density at radius 2 is 2.00 bits per heavy atom. The zero-order valence-corrected chi connectivity index (χ0v) is 19.8. The summed E-state index contributed by atoms with van der Waals surface area (Å²) >= 11 is 1.73. The van der Waals surface area contributed by atoms with Crippen molar-refractivity contribution in [2.75, 3.05) is 39.0 Å². The number of nitrogens with two attached hydrogens (primary N) is 1. The smallest absolute Gasteiger partial charge is 0.290 e. The van der Waals surface area contributed by atoms with Gasteiger partial charge in [-0.05, 0) is 42.5 Å². The van der Waals surface area contributed by atoms with Crippen molar-refractivity contribution in [2.45, 2.75) is 20.4 Å². The Balaban J connectivity index is 0.000000821. The molecular weight excluding hydrogens is 440 g/mol. The summed E-state index contributed by atoms with van der Waals surface area (Å²) < 4.78 is 8.78. The number of methoxy groups -OCH3 is 1. The zero-order valence-electron chi connectivity index (χ0n) is 19.0. The number of hydrogen-bond donors (Lipinski definition) is 3. The molecule has 0 saturated carbocycles. The minimum atomic E-state index is -0.250. The number of piperazine rings is 1. The molecular formula is C23H28N6O3S. The van der Waals surface area contributed by atoms with Crippen molar-refractivity contribution in [3.8, 4) is 16.2 Å². The molecule has 9 nitrogen and oxygen atoms in total. The molecule has 0 radical (unpaired) electrons. The third-order valence-corrected chi connectivity index (χ3v) is 7.08. The standard InChI is InChI=1S/C22H26N6OS.CH2O2/c1-13-8-15-10-18(30-21(15)17(9-13)29-3)19-14(2)16(11-27-6-4-24-5-7-27)28-20(19)22(23)25-12-26-28;2-1-3/h8-10,12,24H,4-7,11H2,1-3H3,(H2,23,25,26);1H,(H,2,3). The molecule has 0 spiro atoms. The maximum Gasteiger partial charge on any atom is 0.290 e. The topological polar surface area (TPSA) is 118 Å². The SMILES string of the molecule is COc1cc(C)cc2cc(-c3c(C)c(CN4CCNCC4)n4ncnc(N)c34)sc12.O=CO. The molecule has 33 heavy (non-hydrogen) atoms. The van der Waals surface area contributed by atoms with Gasteiger partial charge in [0.15, 0.2) is 5.82 Å². The Hall–Kier alpha value is -3.21. The van der Waals surface area contributed by atoms with E-state index in [0.29, 0.717) is 5.82 Å². The van der Waals surface area contributed by atoms with Gasteiger partial charge < -0.3 is 20.9 Å². The lowest BCUT2D eigenvalue weighted by Gasteiger charge is -2.27. The molecule has 0 atom stereocenters. The Kier molecular flexibility index (Phi) is 6.77. The number of nitrogens with zero attached hydrogens (tertiary/aromatic N) is 4. The van der Waals surface area contributed by atoms with Crippen LogP contribution in [0.1, 0.15) is 16.8 Å². The first-order chi connectivity index (χ1) is 16.0. The van der Waals surface area contributed by atoms with Crippen LogP contribution in [-0.2, 0) is 11.3 Å². The molecule has 3 aromatic heterocycles. The molecule has 1 aromatic carbocycles. The van der Waals surface area contributed by atoms with E-state index in [0.717, 1.165) is 59.1 Å². The number of benzene rings is 1. The molecule has 0 bridgehead atoms. The largest absolute Gasteiger partial charge is 0.495 e. The van der Waals surface area contributed by atoms with E-state index in [1.807, 2.05) is 4.52 Å². The Morgan fingerprint density at radius 3 is 2.70 bits per heavy atom. The van der Waals surface area contributed by atoms with Gasteiger partial charge in [0.05, 0.1) is 17.5 Å². The number of hydrogen-bond acceptors (Lipinski definition) is 8. The summed E-state index contributed by atoms with van der Waals surface area (Å²) in [7, 11) is 1.73. The minimum Gasteiger partial charge on any atom is -0.495 e. The zero-order chi connectivity index (χ0) is 23.5. The van der Waals surface area contributed by atoms with E-state index in [1.54, 1.807) is 24.8 Å². The van der Waals surface area contributed by atoms with Gasteiger partial charge in [-0.15, -0.1) is 11.3 Å². The molecule has 4 heterocycles. The van der Waals surface area contributed by atoms with Crippen molar-refractivity contribution in [3.63, 3.8) is 0 Å². The van der Waals surface area contributed by atoms with Gasteiger partial charge in [0, 0.05) is 43.2 Å². The molecule has 0 aliphatic carbocycles. The number of nitrogen functional groups attached to an aromatic ring is 1. The predicted molar refractivity (Wildman–Crippen MR) is 131 cm³/mol. The lowest BCUT2D eigenvalue weighted by Crippen LogP contribution is -2.43. The third-order valence-electron chi connectivity index (χ3n) is 5.89. The molecule has 1 saturated heterocycles. The van der Waals surface area contributed by atoms with Gasteiger partial charge in [0.25, 0.3) is 6.47 Å². The van der Waals surface area contributed by atoms with E-state index in [4.69, 9.17) is 20.4 Å². The number of nitrogens with one attached hydrogen (secondary N) is 1. The molecule has 4 aromatic rings. The fourth-order valence-electron chi connectivity index (χ4n) is 4.39. The van der Waals surface area contributed by atoms with Crippen LogP contribution in [0.5, 0.6) is 5.75 Å². The molecule has 10 heteroatoms. The first kappa shape index (κ1) is 23.0. The van der Waals surface area contributed by atoms with Gasteiger partial charge >= 0.3 is 0 Å². The van der Waals surface area contributed by atoms with Crippen molar-refractivity contribution in [1.82, 2.24) is 24.8 Å². The summed E-state index contributed by atoms with van der Waals surface area (Å²) in [4.78, 5) is 16.3. The highest BCUT2D eigenvalue weighted by Crippen LogP contribution is 2.44. The van der Waals surface area contributed by atoms with Crippen LogP contribution in [0.3, 0.4) is 0 Å². The second-order valence-corrected chi connectivity index (χ2v) is 9.03. The number of fused-ring (bicyclic) bond motifs is 2. The predicted octanol–water partition coefficient (Wildman–Crippen LogP) is 2.92. The number of thiophene rings is 1. The number of aromatic nitrogens is 3. The number of carbonyl (C=O) groups is 1. The summed E-state index contributed by atoms with van der Waals surface area (Å²) in [6, 6.07) is 6.52. The molecule has 1 fully saturated rings. The van der Waals surface area contributed by atoms with Crippen LogP contribution < -0.4 is 15.8 Å². The average molecular weight is 469 g/mol. The number of anilines is 1. The molecule has 1 aliphatic heterocycles. The Morgan fingerprint density at radius 1 is 1.27 bits per heavy atom. The van der Waals surface area contributed by atoms with Crippen LogP contribution in [0.15, 0.2) is 24.5 Å². The van der Waals surface area contributed by atoms with E-state index in [9.17, 15) is 0 Å². The first-order valence-electron chi connectivity index (χ1n) is 10.7. The van der Waals surface area contributed by atoms with Crippen molar-refractivity contribution in [1.29, 1.82) is 0 Å². The number of carboxylic acid groups (broad SMARTS) is 1. The van der Waals surface area contributed by atoms with Gasteiger partial charge in [-0.3, -0.25) is 9.69 Å². The molecule has 4 N–H and O–H groups in total.